The van der Waals surface area contributed by atoms with Crippen LogP contribution in [0.1, 0.15) is 0 Å². The van der Waals surface area contributed by atoms with Gasteiger partial charge in [0.15, 0.2) is 0 Å². The average Bonchev–Trinajstić information content (AvgIpc) is 2.81. The van der Waals surface area contributed by atoms with E-state index in [4.69, 9.17) is 9.47 Å². The van der Waals surface area contributed by atoms with E-state index in [2.05, 4.69) is 15.3 Å². The number of amides is 1. The molecule has 0 atom stereocenters. The molecule has 31 heavy (non-hydrogen) atoms. The molecule has 0 saturated carbocycles. The van der Waals surface area contributed by atoms with Gasteiger partial charge in [-0.15, -0.1) is 0 Å². The minimum atomic E-state index is -0.338. The van der Waals surface area contributed by atoms with Gasteiger partial charge >= 0.3 is 0 Å². The summed E-state index contributed by atoms with van der Waals surface area (Å²) in [6.07, 6.45) is 0. The number of methoxy groups -OCH3 is 1. The first-order valence-corrected chi connectivity index (χ1v) is 10.1. The summed E-state index contributed by atoms with van der Waals surface area (Å²) in [5.41, 5.74) is 2.85. The summed E-state index contributed by atoms with van der Waals surface area (Å²) in [6.45, 7) is 2.97. The summed E-state index contributed by atoms with van der Waals surface area (Å²) < 4.78 is 11.7. The molecule has 0 aliphatic carbocycles. The number of carbonyl (C=O) groups is 1. The van der Waals surface area contributed by atoms with Crippen molar-refractivity contribution in [2.24, 2.45) is 0 Å². The van der Waals surface area contributed by atoms with E-state index in [-0.39, 0.29) is 18.0 Å². The predicted molar refractivity (Wildman–Crippen MR) is 119 cm³/mol. The number of nitrogens with zero attached hydrogens (tertiary/aromatic N) is 3. The summed E-state index contributed by atoms with van der Waals surface area (Å²) in [4.78, 5) is 26.9. The Bertz CT molecular complexity index is 1090. The highest BCUT2D eigenvalue weighted by Crippen LogP contribution is 2.20. The van der Waals surface area contributed by atoms with Gasteiger partial charge < -0.3 is 19.7 Å². The summed E-state index contributed by atoms with van der Waals surface area (Å²) >= 11 is 0. The lowest BCUT2D eigenvalue weighted by Gasteiger charge is -2.28. The fourth-order valence-corrected chi connectivity index (χ4v) is 3.39. The van der Waals surface area contributed by atoms with Gasteiger partial charge in [0.1, 0.15) is 12.3 Å². The molecular weight excluding hydrogens is 396 g/mol. The normalized spacial score (nSPS) is 13.6. The maximum Gasteiger partial charge on any atom is 0.267 e. The van der Waals surface area contributed by atoms with Crippen LogP contribution in [0, 0.1) is 0 Å². The van der Waals surface area contributed by atoms with Crippen molar-refractivity contribution in [3.8, 4) is 17.0 Å². The Kier molecular flexibility index (Phi) is 6.28. The van der Waals surface area contributed by atoms with Crippen LogP contribution in [0.3, 0.4) is 0 Å². The molecule has 0 bridgehead atoms. The van der Waals surface area contributed by atoms with Crippen molar-refractivity contribution < 1.29 is 14.3 Å². The number of benzene rings is 2. The first-order chi connectivity index (χ1) is 15.1. The molecule has 1 aliphatic heterocycles. The third-order valence-electron chi connectivity index (χ3n) is 5.07. The molecule has 160 valence electrons. The molecule has 1 aliphatic rings. The van der Waals surface area contributed by atoms with Crippen molar-refractivity contribution in [3.63, 3.8) is 0 Å². The van der Waals surface area contributed by atoms with E-state index in [0.29, 0.717) is 11.4 Å². The van der Waals surface area contributed by atoms with Crippen LogP contribution in [-0.2, 0) is 16.1 Å². The summed E-state index contributed by atoms with van der Waals surface area (Å²) in [6, 6.07) is 18.0. The van der Waals surface area contributed by atoms with Crippen molar-refractivity contribution in [2.45, 2.75) is 6.54 Å². The van der Waals surface area contributed by atoms with Crippen LogP contribution in [-0.4, -0.2) is 49.1 Å². The topological polar surface area (TPSA) is 85.7 Å². The number of rotatable bonds is 6. The number of ether oxygens (including phenoxy) is 2. The fourth-order valence-electron chi connectivity index (χ4n) is 3.39. The monoisotopic (exact) mass is 420 g/mol. The molecule has 2 aromatic carbocycles. The highest BCUT2D eigenvalue weighted by atomic mass is 16.5. The number of carbonyl (C=O) groups excluding carboxylic acids is 1. The van der Waals surface area contributed by atoms with E-state index in [1.807, 2.05) is 48.5 Å². The second kappa shape index (κ2) is 9.44. The number of nitrogens with one attached hydrogen (secondary N) is 1. The first kappa shape index (κ1) is 20.6. The predicted octanol–water partition coefficient (Wildman–Crippen LogP) is 2.39. The van der Waals surface area contributed by atoms with E-state index in [0.717, 1.165) is 48.0 Å². The van der Waals surface area contributed by atoms with E-state index in [1.165, 1.54) is 6.07 Å². The van der Waals surface area contributed by atoms with E-state index in [1.54, 1.807) is 13.2 Å². The lowest BCUT2D eigenvalue weighted by atomic mass is 10.1. The van der Waals surface area contributed by atoms with Crippen molar-refractivity contribution in [3.05, 3.63) is 71.0 Å². The van der Waals surface area contributed by atoms with Crippen LogP contribution in [0.25, 0.3) is 11.3 Å². The summed E-state index contributed by atoms with van der Waals surface area (Å²) in [7, 11) is 1.60. The molecule has 1 saturated heterocycles. The largest absolute Gasteiger partial charge is 0.497 e. The van der Waals surface area contributed by atoms with Crippen LogP contribution in [0.5, 0.6) is 5.75 Å². The molecular formula is C23H24N4O4. The summed E-state index contributed by atoms with van der Waals surface area (Å²) in [5.74, 6) is 0.414. The molecule has 0 spiro atoms. The lowest BCUT2D eigenvalue weighted by Crippen LogP contribution is -2.36. The smallest absolute Gasteiger partial charge is 0.267 e. The van der Waals surface area contributed by atoms with Gasteiger partial charge in [-0.25, -0.2) is 4.68 Å². The minimum Gasteiger partial charge on any atom is -0.497 e. The first-order valence-electron chi connectivity index (χ1n) is 10.1. The van der Waals surface area contributed by atoms with Gasteiger partial charge in [0, 0.05) is 36.1 Å². The van der Waals surface area contributed by atoms with E-state index in [9.17, 15) is 9.59 Å². The average molecular weight is 420 g/mol. The van der Waals surface area contributed by atoms with Crippen molar-refractivity contribution in [1.82, 2.24) is 9.78 Å². The number of aromatic nitrogens is 2. The van der Waals surface area contributed by atoms with Crippen LogP contribution >= 0.6 is 0 Å². The fraction of sp³-hybridized carbons (Fsp3) is 0.261. The van der Waals surface area contributed by atoms with Crippen LogP contribution < -0.4 is 20.5 Å². The van der Waals surface area contributed by atoms with Crippen LogP contribution in [0.4, 0.5) is 11.4 Å². The van der Waals surface area contributed by atoms with Crippen molar-refractivity contribution in [2.75, 3.05) is 43.6 Å². The summed E-state index contributed by atoms with van der Waals surface area (Å²) in [5, 5.41) is 7.16. The van der Waals surface area contributed by atoms with Gasteiger partial charge in [-0.1, -0.05) is 0 Å². The zero-order chi connectivity index (χ0) is 21.6. The Morgan fingerprint density at radius 1 is 1.03 bits per heavy atom. The zero-order valence-electron chi connectivity index (χ0n) is 17.3. The van der Waals surface area contributed by atoms with Crippen LogP contribution in [0.2, 0.25) is 0 Å². The molecule has 0 unspecified atom stereocenters. The van der Waals surface area contributed by atoms with Gasteiger partial charge in [-0.2, -0.15) is 5.10 Å². The number of hydrogen-bond acceptors (Lipinski definition) is 6. The van der Waals surface area contributed by atoms with E-state index < -0.39 is 0 Å². The quantitative estimate of drug-likeness (QED) is 0.659. The highest BCUT2D eigenvalue weighted by molar-refractivity contribution is 5.90. The van der Waals surface area contributed by atoms with E-state index >= 15 is 0 Å². The zero-order valence-corrected chi connectivity index (χ0v) is 17.3. The van der Waals surface area contributed by atoms with Gasteiger partial charge in [-0.05, 0) is 54.6 Å². The molecule has 8 nitrogen and oxygen atoms in total. The Hall–Kier alpha value is -3.65. The Labute approximate surface area is 180 Å². The van der Waals surface area contributed by atoms with Crippen molar-refractivity contribution in [1.29, 1.82) is 0 Å². The molecule has 1 N–H and O–H groups in total. The maximum atomic E-state index is 12.5. The number of hydrogen-bond donors (Lipinski definition) is 1. The third kappa shape index (κ3) is 5.10. The minimum absolute atomic E-state index is 0.173. The molecule has 1 aromatic heterocycles. The van der Waals surface area contributed by atoms with Gasteiger partial charge in [-0.3, -0.25) is 9.59 Å². The highest BCUT2D eigenvalue weighted by Gasteiger charge is 2.12. The van der Waals surface area contributed by atoms with Crippen LogP contribution in [0.15, 0.2) is 65.5 Å². The Balaban J connectivity index is 1.42. The van der Waals surface area contributed by atoms with Gasteiger partial charge in [0.05, 0.1) is 26.0 Å². The van der Waals surface area contributed by atoms with Gasteiger partial charge in [0.25, 0.3) is 5.56 Å². The standard InChI is InChI=1S/C23H24N4O4/c1-30-20-8-2-17(3-9-20)21-10-11-23(29)27(25-21)16-22(28)24-18-4-6-19(7-5-18)26-12-14-31-15-13-26/h2-11H,12-16H2,1H3,(H,24,28). The van der Waals surface area contributed by atoms with Gasteiger partial charge in [0.2, 0.25) is 5.91 Å². The number of morpholine rings is 1. The third-order valence-corrected chi connectivity index (χ3v) is 5.07. The Morgan fingerprint density at radius 3 is 2.42 bits per heavy atom. The Morgan fingerprint density at radius 2 is 1.74 bits per heavy atom. The molecule has 3 aromatic rings. The SMILES string of the molecule is COc1ccc(-c2ccc(=O)n(CC(=O)Nc3ccc(N4CCOCC4)cc3)n2)cc1. The molecule has 1 fully saturated rings. The lowest BCUT2D eigenvalue weighted by molar-refractivity contribution is -0.117. The second-order valence-corrected chi connectivity index (χ2v) is 7.14. The molecule has 4 rings (SSSR count). The van der Waals surface area contributed by atoms with Crippen molar-refractivity contribution >= 4 is 17.3 Å². The molecule has 0 radical (unpaired) electrons. The second-order valence-electron chi connectivity index (χ2n) is 7.14. The maximum absolute atomic E-state index is 12.5. The molecule has 2 heterocycles. The number of anilines is 2. The molecule has 1 amide bonds. The molecule has 8 heteroatoms.